The Kier molecular flexibility index (Phi) is 4.49. The molecule has 1 aromatic rings. The summed E-state index contributed by atoms with van der Waals surface area (Å²) in [6.07, 6.45) is 0. The number of amides is 1. The van der Waals surface area contributed by atoms with Gasteiger partial charge in [0.15, 0.2) is 11.6 Å². The van der Waals surface area contributed by atoms with Crippen molar-refractivity contribution in [3.05, 3.63) is 24.0 Å². The minimum Gasteiger partial charge on any atom is -0.432 e. The summed E-state index contributed by atoms with van der Waals surface area (Å²) in [5.41, 5.74) is 0.216. The summed E-state index contributed by atoms with van der Waals surface area (Å²) in [5, 5.41) is 5.63. The largest absolute Gasteiger partial charge is 0.432 e. The lowest BCUT2D eigenvalue weighted by Crippen LogP contribution is -2.48. The molecule has 0 aromatic heterocycles. The molecule has 0 spiro atoms. The molecular weight excluding hydrogens is 273 g/mol. The van der Waals surface area contributed by atoms with Crippen molar-refractivity contribution in [2.24, 2.45) is 11.8 Å². The highest BCUT2D eigenvalue weighted by molar-refractivity contribution is 5.92. The van der Waals surface area contributed by atoms with Crippen LogP contribution in [0.5, 0.6) is 5.75 Å². The highest BCUT2D eigenvalue weighted by Crippen LogP contribution is 2.24. The fourth-order valence-corrected chi connectivity index (χ4v) is 1.90. The third kappa shape index (κ3) is 3.41. The van der Waals surface area contributed by atoms with Crippen LogP contribution in [0.15, 0.2) is 18.2 Å². The number of hydrogen-bond acceptors (Lipinski definition) is 3. The van der Waals surface area contributed by atoms with Gasteiger partial charge in [0, 0.05) is 17.7 Å². The zero-order chi connectivity index (χ0) is 14.7. The molecule has 4 nitrogen and oxygen atoms in total. The summed E-state index contributed by atoms with van der Waals surface area (Å²) in [7, 11) is 0. The van der Waals surface area contributed by atoms with Gasteiger partial charge < -0.3 is 15.4 Å². The average Bonchev–Trinajstić information content (AvgIpc) is 2.30. The topological polar surface area (TPSA) is 50.4 Å². The van der Waals surface area contributed by atoms with Crippen LogP contribution in [-0.4, -0.2) is 25.6 Å². The predicted molar refractivity (Wildman–Crippen MR) is 67.2 cm³/mol. The van der Waals surface area contributed by atoms with Gasteiger partial charge in [0.2, 0.25) is 5.91 Å². The van der Waals surface area contributed by atoms with Crippen molar-refractivity contribution in [1.82, 2.24) is 5.32 Å². The maximum atomic E-state index is 13.5. The molecule has 1 atom stereocenters. The van der Waals surface area contributed by atoms with Gasteiger partial charge in [-0.25, -0.2) is 4.39 Å². The van der Waals surface area contributed by atoms with Crippen molar-refractivity contribution in [3.63, 3.8) is 0 Å². The minimum absolute atomic E-state index is 0.198. The van der Waals surface area contributed by atoms with E-state index in [4.69, 9.17) is 0 Å². The number of anilines is 1. The first kappa shape index (κ1) is 14.6. The van der Waals surface area contributed by atoms with Gasteiger partial charge in [-0.05, 0) is 31.1 Å². The lowest BCUT2D eigenvalue weighted by Gasteiger charge is -2.31. The van der Waals surface area contributed by atoms with E-state index in [-0.39, 0.29) is 23.4 Å². The van der Waals surface area contributed by atoms with Crippen LogP contribution in [-0.2, 0) is 4.79 Å². The predicted octanol–water partition coefficient (Wildman–Crippen LogP) is 2.22. The van der Waals surface area contributed by atoms with Crippen molar-refractivity contribution in [3.8, 4) is 5.75 Å². The van der Waals surface area contributed by atoms with Gasteiger partial charge in [0.25, 0.3) is 0 Å². The van der Waals surface area contributed by atoms with Crippen LogP contribution in [0.4, 0.5) is 18.9 Å². The van der Waals surface area contributed by atoms with Gasteiger partial charge in [-0.3, -0.25) is 4.79 Å². The van der Waals surface area contributed by atoms with Gasteiger partial charge in [0.1, 0.15) is 0 Å². The summed E-state index contributed by atoms with van der Waals surface area (Å²) in [6, 6.07) is 3.35. The number of carbonyl (C=O) groups is 1. The standard InChI is InChI=1S/C13H15F3N2O2/c1-7(8-5-17-6-8)12(19)18-9-2-3-11(10(14)4-9)20-13(15)16/h2-4,7-8,13,17H,5-6H2,1H3,(H,18,19). The Morgan fingerprint density at radius 2 is 2.15 bits per heavy atom. The number of benzene rings is 1. The van der Waals surface area contributed by atoms with Crippen LogP contribution < -0.4 is 15.4 Å². The zero-order valence-corrected chi connectivity index (χ0v) is 10.8. The Morgan fingerprint density at radius 3 is 2.65 bits per heavy atom. The molecule has 1 aliphatic rings. The Bertz CT molecular complexity index is 493. The molecule has 1 aromatic carbocycles. The zero-order valence-electron chi connectivity index (χ0n) is 10.8. The van der Waals surface area contributed by atoms with Crippen molar-refractivity contribution >= 4 is 11.6 Å². The number of halogens is 3. The van der Waals surface area contributed by atoms with Crippen LogP contribution in [0.25, 0.3) is 0 Å². The first-order valence-corrected chi connectivity index (χ1v) is 6.23. The van der Waals surface area contributed by atoms with E-state index >= 15 is 0 Å². The quantitative estimate of drug-likeness (QED) is 0.873. The Hall–Kier alpha value is -1.76. The fraction of sp³-hybridized carbons (Fsp3) is 0.462. The first-order valence-electron chi connectivity index (χ1n) is 6.23. The molecule has 2 N–H and O–H groups in total. The molecule has 2 rings (SSSR count). The summed E-state index contributed by atoms with van der Waals surface area (Å²) in [6.45, 7) is 0.274. The summed E-state index contributed by atoms with van der Waals surface area (Å²) >= 11 is 0. The van der Waals surface area contributed by atoms with Crippen molar-refractivity contribution < 1.29 is 22.7 Å². The second-order valence-electron chi connectivity index (χ2n) is 4.72. The summed E-state index contributed by atoms with van der Waals surface area (Å²) < 4.78 is 41.4. The molecule has 1 fully saturated rings. The van der Waals surface area contributed by atoms with Crippen molar-refractivity contribution in [2.75, 3.05) is 18.4 Å². The average molecular weight is 288 g/mol. The molecule has 1 unspecified atom stereocenters. The highest BCUT2D eigenvalue weighted by atomic mass is 19.3. The molecule has 0 bridgehead atoms. The number of carbonyl (C=O) groups excluding carboxylic acids is 1. The minimum atomic E-state index is -3.09. The summed E-state index contributed by atoms with van der Waals surface area (Å²) in [5.74, 6) is -1.65. The third-order valence-corrected chi connectivity index (χ3v) is 3.35. The summed E-state index contributed by atoms with van der Waals surface area (Å²) in [4.78, 5) is 11.9. The number of ether oxygens (including phenoxy) is 1. The molecular formula is C13H15F3N2O2. The van der Waals surface area contributed by atoms with Gasteiger partial charge >= 0.3 is 6.61 Å². The third-order valence-electron chi connectivity index (χ3n) is 3.35. The monoisotopic (exact) mass is 288 g/mol. The Labute approximate surface area is 114 Å². The lowest BCUT2D eigenvalue weighted by atomic mass is 9.88. The lowest BCUT2D eigenvalue weighted by molar-refractivity contribution is -0.121. The van der Waals surface area contributed by atoms with E-state index in [1.165, 1.54) is 6.07 Å². The van der Waals surface area contributed by atoms with Crippen LogP contribution in [0.1, 0.15) is 6.92 Å². The molecule has 0 saturated carbocycles. The van der Waals surface area contributed by atoms with Crippen molar-refractivity contribution in [2.45, 2.75) is 13.5 Å². The number of hydrogen-bond donors (Lipinski definition) is 2. The van der Waals surface area contributed by atoms with E-state index in [1.54, 1.807) is 6.92 Å². The van der Waals surface area contributed by atoms with Gasteiger partial charge in [-0.2, -0.15) is 8.78 Å². The highest BCUT2D eigenvalue weighted by Gasteiger charge is 2.28. The second kappa shape index (κ2) is 6.13. The molecule has 0 radical (unpaired) electrons. The maximum Gasteiger partial charge on any atom is 0.387 e. The first-order chi connectivity index (χ1) is 9.47. The number of nitrogens with one attached hydrogen (secondary N) is 2. The van der Waals surface area contributed by atoms with Crippen molar-refractivity contribution in [1.29, 1.82) is 0 Å². The number of alkyl halides is 2. The number of rotatable bonds is 5. The molecule has 1 saturated heterocycles. The normalized spacial score (nSPS) is 16.6. The van der Waals surface area contributed by atoms with E-state index in [2.05, 4.69) is 15.4 Å². The van der Waals surface area contributed by atoms with E-state index in [1.807, 2.05) is 0 Å². The van der Waals surface area contributed by atoms with Crippen LogP contribution in [0.3, 0.4) is 0 Å². The molecule has 1 aliphatic heterocycles. The Balaban J connectivity index is 1.98. The van der Waals surface area contributed by atoms with Gasteiger partial charge in [-0.1, -0.05) is 6.92 Å². The van der Waals surface area contributed by atoms with Crippen LogP contribution in [0, 0.1) is 17.7 Å². The molecule has 0 aliphatic carbocycles. The second-order valence-corrected chi connectivity index (χ2v) is 4.72. The van der Waals surface area contributed by atoms with Crippen LogP contribution in [0.2, 0.25) is 0 Å². The molecule has 1 amide bonds. The molecule has 110 valence electrons. The van der Waals surface area contributed by atoms with E-state index in [0.717, 1.165) is 25.2 Å². The van der Waals surface area contributed by atoms with E-state index in [9.17, 15) is 18.0 Å². The molecule has 20 heavy (non-hydrogen) atoms. The van der Waals surface area contributed by atoms with E-state index < -0.39 is 18.2 Å². The maximum absolute atomic E-state index is 13.5. The fourth-order valence-electron chi connectivity index (χ4n) is 1.90. The van der Waals surface area contributed by atoms with Gasteiger partial charge in [-0.15, -0.1) is 0 Å². The van der Waals surface area contributed by atoms with Gasteiger partial charge in [0.05, 0.1) is 0 Å². The van der Waals surface area contributed by atoms with E-state index in [0.29, 0.717) is 0 Å². The Morgan fingerprint density at radius 1 is 1.45 bits per heavy atom. The van der Waals surface area contributed by atoms with Crippen LogP contribution >= 0.6 is 0 Å². The molecule has 1 heterocycles. The molecule has 7 heteroatoms. The smallest absolute Gasteiger partial charge is 0.387 e. The SMILES string of the molecule is CC(C(=O)Nc1ccc(OC(F)F)c(F)c1)C1CNC1.